The molecule has 0 radical (unpaired) electrons. The summed E-state index contributed by atoms with van der Waals surface area (Å²) >= 11 is 0. The Morgan fingerprint density at radius 3 is 3.05 bits per heavy atom. The van der Waals surface area contributed by atoms with Gasteiger partial charge >= 0.3 is 0 Å². The SMILES string of the molecule is Cc1cccnc1CNC(=O)C1NCCCC1(C)C. The summed E-state index contributed by atoms with van der Waals surface area (Å²) in [5.41, 5.74) is 2.06. The summed E-state index contributed by atoms with van der Waals surface area (Å²) in [6, 6.07) is 3.81. The van der Waals surface area contributed by atoms with Crippen LogP contribution in [0.2, 0.25) is 0 Å². The zero-order chi connectivity index (χ0) is 13.9. The zero-order valence-electron chi connectivity index (χ0n) is 12.0. The van der Waals surface area contributed by atoms with Crippen LogP contribution in [0.25, 0.3) is 0 Å². The molecule has 1 saturated heterocycles. The molecule has 1 atom stereocenters. The second-order valence-electron chi connectivity index (χ2n) is 5.96. The number of rotatable bonds is 3. The number of amides is 1. The molecule has 1 aliphatic rings. The first-order chi connectivity index (χ1) is 9.00. The Morgan fingerprint density at radius 1 is 1.58 bits per heavy atom. The molecule has 2 heterocycles. The normalized spacial score (nSPS) is 21.9. The van der Waals surface area contributed by atoms with Gasteiger partial charge in [-0.1, -0.05) is 19.9 Å². The van der Waals surface area contributed by atoms with Crippen LogP contribution in [-0.2, 0) is 11.3 Å². The number of hydrogen-bond acceptors (Lipinski definition) is 3. The fraction of sp³-hybridized carbons (Fsp3) is 0.600. The lowest BCUT2D eigenvalue weighted by Gasteiger charge is -2.38. The van der Waals surface area contributed by atoms with E-state index in [0.29, 0.717) is 6.54 Å². The third kappa shape index (κ3) is 3.32. The highest BCUT2D eigenvalue weighted by Crippen LogP contribution is 2.30. The Labute approximate surface area is 115 Å². The standard InChI is InChI=1S/C15H23N3O/c1-11-6-4-8-16-12(11)10-18-14(19)13-15(2,3)7-5-9-17-13/h4,6,8,13,17H,5,7,9-10H2,1-3H3,(H,18,19). The van der Waals surface area contributed by atoms with Gasteiger partial charge in [-0.05, 0) is 43.4 Å². The first-order valence-corrected chi connectivity index (χ1v) is 6.92. The van der Waals surface area contributed by atoms with Crippen molar-refractivity contribution in [3.63, 3.8) is 0 Å². The predicted molar refractivity (Wildman–Crippen MR) is 75.6 cm³/mol. The summed E-state index contributed by atoms with van der Waals surface area (Å²) in [7, 11) is 0. The molecule has 0 aromatic carbocycles. The lowest BCUT2D eigenvalue weighted by Crippen LogP contribution is -2.55. The first-order valence-electron chi connectivity index (χ1n) is 6.92. The Kier molecular flexibility index (Phi) is 4.20. The minimum absolute atomic E-state index is 0.0154. The number of nitrogens with zero attached hydrogens (tertiary/aromatic N) is 1. The highest BCUT2D eigenvalue weighted by molar-refractivity contribution is 5.82. The number of carbonyl (C=O) groups excluding carboxylic acids is 1. The van der Waals surface area contributed by atoms with Gasteiger partial charge in [0, 0.05) is 6.20 Å². The summed E-state index contributed by atoms with van der Waals surface area (Å²) in [5.74, 6) is 0.0785. The van der Waals surface area contributed by atoms with Crippen LogP contribution in [0.1, 0.15) is 37.9 Å². The van der Waals surface area contributed by atoms with E-state index in [0.717, 1.165) is 30.6 Å². The maximum atomic E-state index is 12.3. The molecule has 2 N–H and O–H groups in total. The summed E-state index contributed by atoms with van der Waals surface area (Å²) < 4.78 is 0. The van der Waals surface area contributed by atoms with Crippen molar-refractivity contribution in [2.45, 2.75) is 46.2 Å². The second-order valence-corrected chi connectivity index (χ2v) is 5.96. The maximum Gasteiger partial charge on any atom is 0.238 e. The molecule has 0 saturated carbocycles. The third-order valence-electron chi connectivity index (χ3n) is 3.94. The average Bonchev–Trinajstić information content (AvgIpc) is 2.37. The van der Waals surface area contributed by atoms with E-state index < -0.39 is 0 Å². The molecule has 0 spiro atoms. The maximum absolute atomic E-state index is 12.3. The monoisotopic (exact) mass is 261 g/mol. The molecule has 1 fully saturated rings. The fourth-order valence-electron chi connectivity index (χ4n) is 2.63. The molecule has 1 aliphatic heterocycles. The second kappa shape index (κ2) is 5.70. The Bertz CT molecular complexity index is 456. The molecule has 1 amide bonds. The van der Waals surface area contributed by atoms with Gasteiger partial charge in [0.05, 0.1) is 18.3 Å². The molecule has 2 rings (SSSR count). The lowest BCUT2D eigenvalue weighted by atomic mass is 9.77. The molecule has 19 heavy (non-hydrogen) atoms. The van der Waals surface area contributed by atoms with Gasteiger partial charge in [0.2, 0.25) is 5.91 Å². The van der Waals surface area contributed by atoms with Crippen LogP contribution in [0.15, 0.2) is 18.3 Å². The largest absolute Gasteiger partial charge is 0.349 e. The Balaban J connectivity index is 1.96. The highest BCUT2D eigenvalue weighted by atomic mass is 16.2. The molecule has 1 aromatic rings. The van der Waals surface area contributed by atoms with Crippen LogP contribution in [0, 0.1) is 12.3 Å². The number of aromatic nitrogens is 1. The quantitative estimate of drug-likeness (QED) is 0.872. The van der Waals surface area contributed by atoms with Gasteiger partial charge in [0.1, 0.15) is 0 Å². The van der Waals surface area contributed by atoms with Crippen molar-refractivity contribution in [3.8, 4) is 0 Å². The molecule has 4 nitrogen and oxygen atoms in total. The van der Waals surface area contributed by atoms with E-state index >= 15 is 0 Å². The van der Waals surface area contributed by atoms with Crippen molar-refractivity contribution < 1.29 is 4.79 Å². The molecule has 0 bridgehead atoms. The number of piperidine rings is 1. The van der Waals surface area contributed by atoms with Crippen LogP contribution < -0.4 is 10.6 Å². The summed E-state index contributed by atoms with van der Waals surface area (Å²) in [4.78, 5) is 16.6. The minimum atomic E-state index is -0.106. The summed E-state index contributed by atoms with van der Waals surface area (Å²) in [6.45, 7) is 7.73. The molecule has 0 aliphatic carbocycles. The van der Waals surface area contributed by atoms with Crippen LogP contribution in [0.5, 0.6) is 0 Å². The van der Waals surface area contributed by atoms with Gasteiger partial charge in [0.15, 0.2) is 0 Å². The van der Waals surface area contributed by atoms with Crippen molar-refractivity contribution in [1.29, 1.82) is 0 Å². The third-order valence-corrected chi connectivity index (χ3v) is 3.94. The molecule has 1 aromatic heterocycles. The van der Waals surface area contributed by atoms with Gasteiger partial charge in [-0.25, -0.2) is 0 Å². The zero-order valence-corrected chi connectivity index (χ0v) is 12.0. The number of hydrogen-bond donors (Lipinski definition) is 2. The smallest absolute Gasteiger partial charge is 0.238 e. The van der Waals surface area contributed by atoms with E-state index in [4.69, 9.17) is 0 Å². The molecule has 104 valence electrons. The fourth-order valence-corrected chi connectivity index (χ4v) is 2.63. The number of aryl methyl sites for hydroxylation is 1. The van der Waals surface area contributed by atoms with Gasteiger partial charge in [0.25, 0.3) is 0 Å². The first kappa shape index (κ1) is 14.0. The van der Waals surface area contributed by atoms with Gasteiger partial charge in [-0.2, -0.15) is 0 Å². The number of carbonyl (C=O) groups is 1. The van der Waals surface area contributed by atoms with Crippen molar-refractivity contribution in [2.24, 2.45) is 5.41 Å². The van der Waals surface area contributed by atoms with Gasteiger partial charge < -0.3 is 10.6 Å². The van der Waals surface area contributed by atoms with E-state index in [1.165, 1.54) is 0 Å². The van der Waals surface area contributed by atoms with E-state index in [1.807, 2.05) is 19.1 Å². The summed E-state index contributed by atoms with van der Waals surface area (Å²) in [6.07, 6.45) is 3.98. The van der Waals surface area contributed by atoms with Crippen molar-refractivity contribution in [3.05, 3.63) is 29.6 Å². The number of nitrogens with one attached hydrogen (secondary N) is 2. The van der Waals surface area contributed by atoms with Crippen molar-refractivity contribution in [2.75, 3.05) is 6.54 Å². The van der Waals surface area contributed by atoms with E-state index in [1.54, 1.807) is 6.20 Å². The van der Waals surface area contributed by atoms with Crippen LogP contribution in [0.3, 0.4) is 0 Å². The minimum Gasteiger partial charge on any atom is -0.349 e. The molecular weight excluding hydrogens is 238 g/mol. The van der Waals surface area contributed by atoms with Crippen LogP contribution in [0.4, 0.5) is 0 Å². The Hall–Kier alpha value is -1.42. The van der Waals surface area contributed by atoms with Crippen molar-refractivity contribution >= 4 is 5.91 Å². The van der Waals surface area contributed by atoms with Crippen LogP contribution in [-0.4, -0.2) is 23.5 Å². The summed E-state index contributed by atoms with van der Waals surface area (Å²) in [5, 5.41) is 6.33. The molecule has 4 heteroatoms. The van der Waals surface area contributed by atoms with Crippen molar-refractivity contribution in [1.82, 2.24) is 15.6 Å². The number of pyridine rings is 1. The van der Waals surface area contributed by atoms with Crippen LogP contribution >= 0.6 is 0 Å². The Morgan fingerprint density at radius 2 is 2.37 bits per heavy atom. The highest BCUT2D eigenvalue weighted by Gasteiger charge is 2.36. The molecular formula is C15H23N3O. The predicted octanol–water partition coefficient (Wildman–Crippen LogP) is 1.78. The topological polar surface area (TPSA) is 54.0 Å². The van der Waals surface area contributed by atoms with E-state index in [-0.39, 0.29) is 17.4 Å². The average molecular weight is 261 g/mol. The lowest BCUT2D eigenvalue weighted by molar-refractivity contribution is -0.127. The van der Waals surface area contributed by atoms with Gasteiger partial charge in [-0.3, -0.25) is 9.78 Å². The van der Waals surface area contributed by atoms with Gasteiger partial charge in [-0.15, -0.1) is 0 Å². The van der Waals surface area contributed by atoms with E-state index in [2.05, 4.69) is 29.5 Å². The molecule has 1 unspecified atom stereocenters. The van der Waals surface area contributed by atoms with E-state index in [9.17, 15) is 4.79 Å².